The maximum absolute atomic E-state index is 11.5. The summed E-state index contributed by atoms with van der Waals surface area (Å²) >= 11 is 0. The second-order valence-electron chi connectivity index (χ2n) is 4.13. The van der Waals surface area contributed by atoms with Crippen LogP contribution in [0.1, 0.15) is 26.2 Å². The molecule has 0 aromatic rings. The molecule has 0 spiro atoms. The summed E-state index contributed by atoms with van der Waals surface area (Å²) in [6.07, 6.45) is 1.51. The molecule has 0 aliphatic carbocycles. The van der Waals surface area contributed by atoms with Crippen LogP contribution in [0, 0.1) is 5.92 Å². The third kappa shape index (κ3) is 4.78. The molecule has 0 radical (unpaired) electrons. The van der Waals surface area contributed by atoms with Crippen LogP contribution in [0.2, 0.25) is 0 Å². The van der Waals surface area contributed by atoms with E-state index in [4.69, 9.17) is 5.11 Å². The molecular formula is C10H18N2O3. The van der Waals surface area contributed by atoms with E-state index in [1.807, 2.05) is 0 Å². The van der Waals surface area contributed by atoms with E-state index in [9.17, 15) is 9.59 Å². The Hall–Kier alpha value is -1.10. The van der Waals surface area contributed by atoms with Crippen LogP contribution in [0.15, 0.2) is 0 Å². The molecule has 3 N–H and O–H groups in total. The highest BCUT2D eigenvalue weighted by Crippen LogP contribution is 2.11. The number of nitrogens with one attached hydrogen (secondary N) is 2. The number of carboxylic acids is 1. The Morgan fingerprint density at radius 2 is 2.33 bits per heavy atom. The van der Waals surface area contributed by atoms with Gasteiger partial charge in [-0.3, -0.25) is 9.59 Å². The Morgan fingerprint density at radius 1 is 1.60 bits per heavy atom. The largest absolute Gasteiger partial charge is 0.481 e. The van der Waals surface area contributed by atoms with Crippen LogP contribution in [0.5, 0.6) is 0 Å². The van der Waals surface area contributed by atoms with E-state index in [1.165, 1.54) is 0 Å². The number of carbonyl (C=O) groups is 2. The van der Waals surface area contributed by atoms with E-state index in [2.05, 4.69) is 10.6 Å². The van der Waals surface area contributed by atoms with Gasteiger partial charge in [-0.2, -0.15) is 0 Å². The third-order valence-corrected chi connectivity index (χ3v) is 2.52. The highest BCUT2D eigenvalue weighted by molar-refractivity contribution is 5.77. The zero-order valence-electron chi connectivity index (χ0n) is 8.95. The summed E-state index contributed by atoms with van der Waals surface area (Å²) in [4.78, 5) is 21.8. The quantitative estimate of drug-likeness (QED) is 0.600. The minimum absolute atomic E-state index is 0.0192. The van der Waals surface area contributed by atoms with Gasteiger partial charge in [-0.25, -0.2) is 0 Å². The number of hydrogen-bond acceptors (Lipinski definition) is 3. The third-order valence-electron chi connectivity index (χ3n) is 2.52. The molecule has 5 nitrogen and oxygen atoms in total. The van der Waals surface area contributed by atoms with Crippen molar-refractivity contribution in [3.63, 3.8) is 0 Å². The summed E-state index contributed by atoms with van der Waals surface area (Å²) < 4.78 is 0. The van der Waals surface area contributed by atoms with Crippen LogP contribution in [-0.4, -0.2) is 36.1 Å². The molecule has 0 bridgehead atoms. The monoisotopic (exact) mass is 214 g/mol. The molecule has 1 saturated heterocycles. The summed E-state index contributed by atoms with van der Waals surface area (Å²) in [6.45, 7) is 3.57. The topological polar surface area (TPSA) is 78.4 Å². The summed E-state index contributed by atoms with van der Waals surface area (Å²) in [6, 6.07) is -0.288. The normalized spacial score (nSPS) is 22.3. The highest BCUT2D eigenvalue weighted by atomic mass is 16.4. The predicted octanol–water partition coefficient (Wildman–Crippen LogP) is -0.0346. The van der Waals surface area contributed by atoms with E-state index in [-0.39, 0.29) is 18.4 Å². The lowest BCUT2D eigenvalue weighted by Gasteiger charge is -2.13. The van der Waals surface area contributed by atoms with Gasteiger partial charge in [-0.1, -0.05) is 0 Å². The molecule has 1 heterocycles. The molecule has 1 aliphatic heterocycles. The molecule has 1 fully saturated rings. The van der Waals surface area contributed by atoms with Crippen molar-refractivity contribution in [3.05, 3.63) is 0 Å². The molecule has 5 heteroatoms. The van der Waals surface area contributed by atoms with Crippen LogP contribution >= 0.6 is 0 Å². The summed E-state index contributed by atoms with van der Waals surface area (Å²) in [7, 11) is 0. The molecule has 1 amide bonds. The number of hydrogen-bond donors (Lipinski definition) is 3. The average molecular weight is 214 g/mol. The van der Waals surface area contributed by atoms with Crippen LogP contribution < -0.4 is 10.6 Å². The van der Waals surface area contributed by atoms with Gasteiger partial charge in [0.2, 0.25) is 5.91 Å². The van der Waals surface area contributed by atoms with Gasteiger partial charge in [0.1, 0.15) is 0 Å². The van der Waals surface area contributed by atoms with Gasteiger partial charge in [0, 0.05) is 12.5 Å². The van der Waals surface area contributed by atoms with Crippen LogP contribution in [0.3, 0.4) is 0 Å². The Bertz CT molecular complexity index is 237. The molecule has 0 saturated carbocycles. The van der Waals surface area contributed by atoms with Crippen molar-refractivity contribution in [2.75, 3.05) is 13.1 Å². The molecule has 0 aromatic carbocycles. The average Bonchev–Trinajstić information content (AvgIpc) is 2.53. The zero-order chi connectivity index (χ0) is 11.3. The van der Waals surface area contributed by atoms with Crippen LogP contribution in [0.25, 0.3) is 0 Å². The maximum Gasteiger partial charge on any atom is 0.305 e. The van der Waals surface area contributed by atoms with Gasteiger partial charge in [0.25, 0.3) is 0 Å². The fourth-order valence-electron chi connectivity index (χ4n) is 1.80. The van der Waals surface area contributed by atoms with Gasteiger partial charge in [0.05, 0.1) is 6.42 Å². The van der Waals surface area contributed by atoms with Crippen molar-refractivity contribution in [3.8, 4) is 0 Å². The molecule has 1 aliphatic rings. The van der Waals surface area contributed by atoms with Crippen molar-refractivity contribution in [2.45, 2.75) is 32.2 Å². The van der Waals surface area contributed by atoms with E-state index >= 15 is 0 Å². The minimum Gasteiger partial charge on any atom is -0.481 e. The lowest BCUT2D eigenvalue weighted by atomic mass is 10.0. The van der Waals surface area contributed by atoms with E-state index in [0.717, 1.165) is 19.5 Å². The van der Waals surface area contributed by atoms with E-state index in [0.29, 0.717) is 12.3 Å². The first-order valence-electron chi connectivity index (χ1n) is 5.30. The van der Waals surface area contributed by atoms with Crippen molar-refractivity contribution in [2.24, 2.45) is 5.92 Å². The smallest absolute Gasteiger partial charge is 0.305 e. The molecule has 0 aromatic heterocycles. The van der Waals surface area contributed by atoms with Gasteiger partial charge >= 0.3 is 5.97 Å². The Labute approximate surface area is 89.2 Å². The zero-order valence-corrected chi connectivity index (χ0v) is 8.95. The summed E-state index contributed by atoms with van der Waals surface area (Å²) in [5.74, 6) is -0.523. The first-order valence-corrected chi connectivity index (χ1v) is 5.30. The highest BCUT2D eigenvalue weighted by Gasteiger charge is 2.19. The van der Waals surface area contributed by atoms with Crippen molar-refractivity contribution in [1.29, 1.82) is 0 Å². The van der Waals surface area contributed by atoms with Crippen molar-refractivity contribution in [1.82, 2.24) is 10.6 Å². The molecule has 2 atom stereocenters. The molecule has 86 valence electrons. The number of carbonyl (C=O) groups excluding carboxylic acids is 1. The SMILES string of the molecule is CC(CC(=O)O)NC(=O)CC1CCNC1. The molecule has 2 unspecified atom stereocenters. The van der Waals surface area contributed by atoms with Gasteiger partial charge in [-0.05, 0) is 32.4 Å². The van der Waals surface area contributed by atoms with Crippen molar-refractivity contribution < 1.29 is 14.7 Å². The van der Waals surface area contributed by atoms with Crippen LogP contribution in [0.4, 0.5) is 0 Å². The Kier molecular flexibility index (Phi) is 4.55. The van der Waals surface area contributed by atoms with E-state index in [1.54, 1.807) is 6.92 Å². The number of amides is 1. The second kappa shape index (κ2) is 5.70. The standard InChI is InChI=1S/C10H18N2O3/c1-7(4-10(14)15)12-9(13)5-8-2-3-11-6-8/h7-8,11H,2-6H2,1H3,(H,12,13)(H,14,15). The number of aliphatic carboxylic acids is 1. The predicted molar refractivity (Wildman–Crippen MR) is 55.5 cm³/mol. The Morgan fingerprint density at radius 3 is 2.87 bits per heavy atom. The Balaban J connectivity index is 2.19. The molecule has 1 rings (SSSR count). The lowest BCUT2D eigenvalue weighted by molar-refractivity contribution is -0.137. The van der Waals surface area contributed by atoms with E-state index < -0.39 is 5.97 Å². The van der Waals surface area contributed by atoms with Gasteiger partial charge < -0.3 is 15.7 Å². The fraction of sp³-hybridized carbons (Fsp3) is 0.800. The van der Waals surface area contributed by atoms with Crippen molar-refractivity contribution >= 4 is 11.9 Å². The van der Waals surface area contributed by atoms with Gasteiger partial charge in [0.15, 0.2) is 0 Å². The lowest BCUT2D eigenvalue weighted by Crippen LogP contribution is -2.35. The summed E-state index contributed by atoms with van der Waals surface area (Å²) in [5, 5.41) is 14.4. The molecular weight excluding hydrogens is 196 g/mol. The first kappa shape index (κ1) is 12.0. The number of rotatable bonds is 5. The minimum atomic E-state index is -0.884. The second-order valence-corrected chi connectivity index (χ2v) is 4.13. The number of carboxylic acid groups (broad SMARTS) is 1. The maximum atomic E-state index is 11.5. The molecule has 15 heavy (non-hydrogen) atoms. The first-order chi connectivity index (χ1) is 7.08. The van der Waals surface area contributed by atoms with Gasteiger partial charge in [-0.15, -0.1) is 0 Å². The fourth-order valence-corrected chi connectivity index (χ4v) is 1.80. The summed E-state index contributed by atoms with van der Waals surface area (Å²) in [5.41, 5.74) is 0. The van der Waals surface area contributed by atoms with Crippen LogP contribution in [-0.2, 0) is 9.59 Å².